The number of carbonyl (C=O) groups excluding carboxylic acids is 2. The maximum atomic E-state index is 12.9. The number of hydrogen-bond acceptors (Lipinski definition) is 4. The van der Waals surface area contributed by atoms with Gasteiger partial charge in [-0.3, -0.25) is 14.6 Å². The van der Waals surface area contributed by atoms with Crippen LogP contribution < -0.4 is 5.32 Å². The summed E-state index contributed by atoms with van der Waals surface area (Å²) >= 11 is 0. The van der Waals surface area contributed by atoms with Crippen molar-refractivity contribution in [1.29, 1.82) is 5.26 Å². The third-order valence-corrected chi connectivity index (χ3v) is 3.89. The highest BCUT2D eigenvalue weighted by molar-refractivity contribution is 6.20. The molecule has 0 heterocycles. The van der Waals surface area contributed by atoms with Gasteiger partial charge in [-0.25, -0.2) is 0 Å². The molecule has 5 heteroatoms. The summed E-state index contributed by atoms with van der Waals surface area (Å²) in [4.78, 5) is 29.7. The Morgan fingerprint density at radius 1 is 1.19 bits per heavy atom. The number of aryl methyl sites for hydroxylation is 1. The van der Waals surface area contributed by atoms with Crippen molar-refractivity contribution in [2.45, 2.75) is 20.3 Å². The highest BCUT2D eigenvalue weighted by Crippen LogP contribution is 2.16. The van der Waals surface area contributed by atoms with E-state index in [4.69, 9.17) is 5.26 Å². The Hall–Kier alpha value is -3.26. The molecule has 0 bridgehead atoms. The van der Waals surface area contributed by atoms with Crippen LogP contribution in [0.2, 0.25) is 0 Å². The Morgan fingerprint density at radius 2 is 1.88 bits per heavy atom. The number of amides is 1. The van der Waals surface area contributed by atoms with Gasteiger partial charge >= 0.3 is 0 Å². The fraction of sp³-hybridized carbons (Fsp3) is 0.238. The lowest BCUT2D eigenvalue weighted by molar-refractivity contribution is -0.121. The van der Waals surface area contributed by atoms with Crippen molar-refractivity contribution in [3.63, 3.8) is 0 Å². The molecule has 1 N–H and O–H groups in total. The molecular formula is C21H21N3O2. The molecule has 2 aromatic rings. The van der Waals surface area contributed by atoms with E-state index in [-0.39, 0.29) is 11.7 Å². The summed E-state index contributed by atoms with van der Waals surface area (Å²) in [5.41, 5.74) is 2.43. The summed E-state index contributed by atoms with van der Waals surface area (Å²) in [5, 5.41) is 11.6. The molecule has 0 aliphatic carbocycles. The quantitative estimate of drug-likeness (QED) is 0.472. The van der Waals surface area contributed by atoms with Crippen LogP contribution in [0.4, 0.5) is 5.69 Å². The van der Waals surface area contributed by atoms with Crippen LogP contribution in [0.15, 0.2) is 53.5 Å². The van der Waals surface area contributed by atoms with Crippen LogP contribution in [0.3, 0.4) is 0 Å². The van der Waals surface area contributed by atoms with E-state index in [2.05, 4.69) is 10.3 Å². The molecule has 26 heavy (non-hydrogen) atoms. The van der Waals surface area contributed by atoms with Crippen LogP contribution in [0.25, 0.3) is 0 Å². The first-order valence-corrected chi connectivity index (χ1v) is 8.48. The molecule has 0 aliphatic heterocycles. The number of carbonyl (C=O) groups is 2. The number of aliphatic imine (C=N–C) groups is 1. The average Bonchev–Trinajstić information content (AvgIpc) is 2.67. The Kier molecular flexibility index (Phi) is 6.81. The Morgan fingerprint density at radius 3 is 2.50 bits per heavy atom. The minimum atomic E-state index is -1.00. The van der Waals surface area contributed by atoms with E-state index in [0.29, 0.717) is 23.4 Å². The smallest absolute Gasteiger partial charge is 0.236 e. The van der Waals surface area contributed by atoms with Crippen molar-refractivity contribution in [3.8, 4) is 6.07 Å². The second-order valence-corrected chi connectivity index (χ2v) is 5.88. The molecular weight excluding hydrogens is 326 g/mol. The third kappa shape index (κ3) is 4.87. The van der Waals surface area contributed by atoms with Crippen molar-refractivity contribution >= 4 is 23.6 Å². The lowest BCUT2D eigenvalue weighted by Gasteiger charge is -2.13. The molecule has 2 rings (SSSR count). The Bertz CT molecular complexity index is 848. The molecule has 2 aromatic carbocycles. The van der Waals surface area contributed by atoms with E-state index in [1.807, 2.05) is 32.0 Å². The number of nitrogens with one attached hydrogen (secondary N) is 1. The molecule has 0 aromatic heterocycles. The van der Waals surface area contributed by atoms with Crippen LogP contribution in [0.1, 0.15) is 34.8 Å². The third-order valence-electron chi connectivity index (χ3n) is 3.89. The zero-order chi connectivity index (χ0) is 18.9. The van der Waals surface area contributed by atoms with Gasteiger partial charge < -0.3 is 5.32 Å². The van der Waals surface area contributed by atoms with E-state index < -0.39 is 5.92 Å². The summed E-state index contributed by atoms with van der Waals surface area (Å²) in [7, 11) is 0. The molecule has 0 spiro atoms. The molecule has 5 nitrogen and oxygen atoms in total. The first kappa shape index (κ1) is 19.1. The second-order valence-electron chi connectivity index (χ2n) is 5.88. The first-order valence-electron chi connectivity index (χ1n) is 8.48. The van der Waals surface area contributed by atoms with Crippen molar-refractivity contribution in [1.82, 2.24) is 5.32 Å². The number of rotatable bonds is 7. The molecule has 0 aliphatic rings. The minimum Gasteiger partial charge on any atom is -0.355 e. The van der Waals surface area contributed by atoms with Crippen LogP contribution >= 0.6 is 0 Å². The van der Waals surface area contributed by atoms with E-state index in [9.17, 15) is 9.59 Å². The fourth-order valence-electron chi connectivity index (χ4n) is 2.41. The maximum Gasteiger partial charge on any atom is 0.236 e. The highest BCUT2D eigenvalue weighted by atomic mass is 16.2. The van der Waals surface area contributed by atoms with E-state index in [1.165, 1.54) is 6.21 Å². The summed E-state index contributed by atoms with van der Waals surface area (Å²) in [6.07, 6.45) is 2.16. The molecule has 132 valence electrons. The molecule has 1 amide bonds. The lowest BCUT2D eigenvalue weighted by atomic mass is 9.94. The van der Waals surface area contributed by atoms with E-state index in [0.717, 1.165) is 12.0 Å². The van der Waals surface area contributed by atoms with Crippen LogP contribution in [0.5, 0.6) is 0 Å². The fourth-order valence-corrected chi connectivity index (χ4v) is 2.41. The molecule has 0 radical (unpaired) electrons. The number of hydrogen-bond donors (Lipinski definition) is 1. The van der Waals surface area contributed by atoms with Crippen LogP contribution in [-0.4, -0.2) is 24.4 Å². The number of nitrogens with zero attached hydrogens (tertiary/aromatic N) is 2. The highest BCUT2D eigenvalue weighted by Gasteiger charge is 2.26. The average molecular weight is 347 g/mol. The molecule has 1 atom stereocenters. The zero-order valence-electron chi connectivity index (χ0n) is 14.9. The predicted octanol–water partition coefficient (Wildman–Crippen LogP) is 3.59. The number of Topliss-reactive ketones (excluding diaryl/α,β-unsaturated/α-hetero) is 1. The van der Waals surface area contributed by atoms with E-state index >= 15 is 0 Å². The number of benzene rings is 2. The van der Waals surface area contributed by atoms with Gasteiger partial charge in [0, 0.05) is 18.3 Å². The zero-order valence-corrected chi connectivity index (χ0v) is 14.9. The normalized spacial score (nSPS) is 11.7. The van der Waals surface area contributed by atoms with Crippen molar-refractivity contribution in [2.24, 2.45) is 10.9 Å². The van der Waals surface area contributed by atoms with Crippen LogP contribution in [0, 0.1) is 24.2 Å². The van der Waals surface area contributed by atoms with Gasteiger partial charge in [-0.15, -0.1) is 0 Å². The minimum absolute atomic E-state index is 0.283. The summed E-state index contributed by atoms with van der Waals surface area (Å²) in [6.45, 7) is 4.29. The second kappa shape index (κ2) is 9.28. The van der Waals surface area contributed by atoms with Crippen molar-refractivity contribution in [3.05, 3.63) is 65.2 Å². The summed E-state index contributed by atoms with van der Waals surface area (Å²) < 4.78 is 0. The van der Waals surface area contributed by atoms with Gasteiger partial charge in [-0.1, -0.05) is 31.2 Å². The van der Waals surface area contributed by atoms with Gasteiger partial charge in [0.15, 0.2) is 5.78 Å². The largest absolute Gasteiger partial charge is 0.355 e. The van der Waals surface area contributed by atoms with Crippen molar-refractivity contribution < 1.29 is 9.59 Å². The standard InChI is InChI=1S/C21H21N3O2/c1-3-12-23-21(26)19(20(25)18-7-5-4-6-15(18)2)14-24-17-10-8-16(13-22)9-11-17/h4-11,14,19H,3,12H2,1-2H3,(H,23,26). The Labute approximate surface area is 153 Å². The number of nitriles is 1. The van der Waals surface area contributed by atoms with Gasteiger partial charge in [-0.05, 0) is 43.2 Å². The number of ketones is 1. The van der Waals surface area contributed by atoms with Gasteiger partial charge in [0.2, 0.25) is 5.91 Å². The summed E-state index contributed by atoms with van der Waals surface area (Å²) in [5.74, 6) is -1.65. The SMILES string of the molecule is CCCNC(=O)C(C=Nc1ccc(C#N)cc1)C(=O)c1ccccc1C. The van der Waals surface area contributed by atoms with Gasteiger partial charge in [-0.2, -0.15) is 5.26 Å². The molecule has 1 unspecified atom stereocenters. The Balaban J connectivity index is 2.29. The molecule has 0 saturated carbocycles. The van der Waals surface area contributed by atoms with Crippen LogP contribution in [-0.2, 0) is 4.79 Å². The molecule has 0 fully saturated rings. The lowest BCUT2D eigenvalue weighted by Crippen LogP contribution is -2.37. The van der Waals surface area contributed by atoms with Gasteiger partial charge in [0.1, 0.15) is 5.92 Å². The van der Waals surface area contributed by atoms with E-state index in [1.54, 1.807) is 36.4 Å². The molecule has 0 saturated heterocycles. The first-order chi connectivity index (χ1) is 12.6. The topological polar surface area (TPSA) is 82.3 Å². The predicted molar refractivity (Wildman–Crippen MR) is 102 cm³/mol. The van der Waals surface area contributed by atoms with Crippen molar-refractivity contribution in [2.75, 3.05) is 6.54 Å². The van der Waals surface area contributed by atoms with Gasteiger partial charge in [0.25, 0.3) is 0 Å². The monoisotopic (exact) mass is 347 g/mol. The maximum absolute atomic E-state index is 12.9. The summed E-state index contributed by atoms with van der Waals surface area (Å²) in [6, 6.07) is 15.8. The van der Waals surface area contributed by atoms with Gasteiger partial charge in [0.05, 0.1) is 17.3 Å².